The van der Waals surface area contributed by atoms with Gasteiger partial charge in [-0.2, -0.15) is 0 Å². The van der Waals surface area contributed by atoms with Crippen LogP contribution in [0.4, 0.5) is 5.69 Å². The van der Waals surface area contributed by atoms with Gasteiger partial charge < -0.3 is 15.7 Å². The first-order chi connectivity index (χ1) is 9.94. The number of hydrogen-bond donors (Lipinski definition) is 2. The molecule has 1 amide bonds. The van der Waals surface area contributed by atoms with Crippen molar-refractivity contribution in [2.45, 2.75) is 38.1 Å². The van der Waals surface area contributed by atoms with Crippen molar-refractivity contribution in [2.75, 3.05) is 11.4 Å². The molecule has 0 aromatic heterocycles. The van der Waals surface area contributed by atoms with Crippen molar-refractivity contribution in [3.8, 4) is 0 Å². The number of carbonyl (C=O) groups is 2. The van der Waals surface area contributed by atoms with E-state index >= 15 is 0 Å². The monoisotopic (exact) mass is 354 g/mol. The van der Waals surface area contributed by atoms with Crippen LogP contribution in [0.2, 0.25) is 0 Å². The van der Waals surface area contributed by atoms with Crippen molar-refractivity contribution in [3.63, 3.8) is 0 Å². The molecule has 0 aliphatic carbocycles. The normalized spacial score (nSPS) is 21.5. The van der Waals surface area contributed by atoms with Gasteiger partial charge in [0, 0.05) is 11.0 Å². The number of benzene rings is 1. The molecule has 0 spiro atoms. The van der Waals surface area contributed by atoms with Crippen LogP contribution in [0.5, 0.6) is 0 Å². The Balaban J connectivity index is 2.57. The molecular formula is C15H19BrN2O3. The highest BCUT2D eigenvalue weighted by atomic mass is 79.9. The SMILES string of the molecule is CCCC1(C(=O)O)CCCN1c1cccc(Br)c1C(N)=O. The van der Waals surface area contributed by atoms with E-state index in [4.69, 9.17) is 5.73 Å². The maximum absolute atomic E-state index is 11.9. The van der Waals surface area contributed by atoms with E-state index in [2.05, 4.69) is 15.9 Å². The number of halogens is 1. The number of rotatable bonds is 5. The Morgan fingerprint density at radius 3 is 2.76 bits per heavy atom. The van der Waals surface area contributed by atoms with Crippen LogP contribution in [0.1, 0.15) is 43.0 Å². The van der Waals surface area contributed by atoms with E-state index in [1.165, 1.54) is 0 Å². The Morgan fingerprint density at radius 1 is 1.48 bits per heavy atom. The van der Waals surface area contributed by atoms with E-state index in [0.717, 1.165) is 12.8 Å². The van der Waals surface area contributed by atoms with Gasteiger partial charge in [-0.1, -0.05) is 19.4 Å². The van der Waals surface area contributed by atoms with E-state index in [1.54, 1.807) is 18.2 Å². The predicted octanol–water partition coefficient (Wildman–Crippen LogP) is 2.77. The zero-order valence-electron chi connectivity index (χ0n) is 11.9. The summed E-state index contributed by atoms with van der Waals surface area (Å²) in [6.07, 6.45) is 2.69. The number of carboxylic acids is 1. The molecule has 0 bridgehead atoms. The molecule has 21 heavy (non-hydrogen) atoms. The molecule has 5 nitrogen and oxygen atoms in total. The lowest BCUT2D eigenvalue weighted by Gasteiger charge is -2.37. The molecule has 1 aliphatic rings. The smallest absolute Gasteiger partial charge is 0.329 e. The molecule has 3 N–H and O–H groups in total. The number of nitrogens with zero attached hydrogens (tertiary/aromatic N) is 1. The summed E-state index contributed by atoms with van der Waals surface area (Å²) >= 11 is 3.33. The minimum Gasteiger partial charge on any atom is -0.479 e. The molecule has 1 fully saturated rings. The van der Waals surface area contributed by atoms with E-state index in [0.29, 0.717) is 35.1 Å². The molecule has 0 saturated carbocycles. The van der Waals surface area contributed by atoms with Crippen LogP contribution in [0.25, 0.3) is 0 Å². The zero-order valence-corrected chi connectivity index (χ0v) is 13.5. The molecule has 1 aromatic rings. The van der Waals surface area contributed by atoms with Gasteiger partial charge in [-0.15, -0.1) is 0 Å². The number of hydrogen-bond acceptors (Lipinski definition) is 3. The Hall–Kier alpha value is -1.56. The lowest BCUT2D eigenvalue weighted by Crippen LogP contribution is -2.51. The van der Waals surface area contributed by atoms with Crippen molar-refractivity contribution in [2.24, 2.45) is 5.73 Å². The Bertz CT molecular complexity index is 576. The number of primary amides is 1. The number of carbonyl (C=O) groups excluding carboxylic acids is 1. The van der Waals surface area contributed by atoms with Crippen molar-refractivity contribution in [1.29, 1.82) is 0 Å². The molecule has 1 atom stereocenters. The van der Waals surface area contributed by atoms with Gasteiger partial charge >= 0.3 is 5.97 Å². The molecule has 1 aliphatic heterocycles. The molecule has 2 rings (SSSR count). The van der Waals surface area contributed by atoms with Gasteiger partial charge in [0.1, 0.15) is 5.54 Å². The van der Waals surface area contributed by atoms with Crippen LogP contribution in [-0.4, -0.2) is 29.1 Å². The van der Waals surface area contributed by atoms with Crippen LogP contribution in [0.15, 0.2) is 22.7 Å². The Labute approximate surface area is 132 Å². The first kappa shape index (κ1) is 15.8. The van der Waals surface area contributed by atoms with Crippen molar-refractivity contribution >= 4 is 33.5 Å². The van der Waals surface area contributed by atoms with Gasteiger partial charge in [0.15, 0.2) is 0 Å². The summed E-state index contributed by atoms with van der Waals surface area (Å²) in [6.45, 7) is 2.58. The van der Waals surface area contributed by atoms with Crippen molar-refractivity contribution in [3.05, 3.63) is 28.2 Å². The van der Waals surface area contributed by atoms with Crippen LogP contribution in [0, 0.1) is 0 Å². The number of anilines is 1. The van der Waals surface area contributed by atoms with Crippen molar-refractivity contribution < 1.29 is 14.7 Å². The number of nitrogens with two attached hydrogens (primary N) is 1. The lowest BCUT2D eigenvalue weighted by atomic mass is 9.90. The van der Waals surface area contributed by atoms with Gasteiger partial charge in [-0.05, 0) is 47.3 Å². The second-order valence-corrected chi connectivity index (χ2v) is 6.19. The highest BCUT2D eigenvalue weighted by Crippen LogP contribution is 2.40. The molecule has 1 saturated heterocycles. The summed E-state index contributed by atoms with van der Waals surface area (Å²) in [5, 5.41) is 9.76. The minimum atomic E-state index is -0.945. The number of amides is 1. The summed E-state index contributed by atoms with van der Waals surface area (Å²) in [5.41, 5.74) is 5.48. The molecular weight excluding hydrogens is 336 g/mol. The first-order valence-corrected chi connectivity index (χ1v) is 7.82. The lowest BCUT2D eigenvalue weighted by molar-refractivity contribution is -0.143. The Kier molecular flexibility index (Phi) is 4.56. The van der Waals surface area contributed by atoms with E-state index in [9.17, 15) is 14.7 Å². The van der Waals surface area contributed by atoms with Crippen molar-refractivity contribution in [1.82, 2.24) is 0 Å². The van der Waals surface area contributed by atoms with E-state index in [1.807, 2.05) is 11.8 Å². The summed E-state index contributed by atoms with van der Waals surface area (Å²) in [7, 11) is 0. The van der Waals surface area contributed by atoms with E-state index < -0.39 is 17.4 Å². The molecule has 1 heterocycles. The fourth-order valence-corrected chi connectivity index (χ4v) is 3.77. The van der Waals surface area contributed by atoms with Crippen LogP contribution in [-0.2, 0) is 4.79 Å². The molecule has 114 valence electrons. The average Bonchev–Trinajstić information content (AvgIpc) is 2.83. The second-order valence-electron chi connectivity index (χ2n) is 5.34. The summed E-state index contributed by atoms with van der Waals surface area (Å²) in [6, 6.07) is 5.30. The highest BCUT2D eigenvalue weighted by molar-refractivity contribution is 9.10. The molecule has 6 heteroatoms. The first-order valence-electron chi connectivity index (χ1n) is 7.03. The number of carboxylic acid groups (broad SMARTS) is 1. The summed E-state index contributed by atoms with van der Waals surface area (Å²) in [4.78, 5) is 25.5. The van der Waals surface area contributed by atoms with Crippen LogP contribution in [0.3, 0.4) is 0 Å². The van der Waals surface area contributed by atoms with Gasteiger partial charge in [-0.25, -0.2) is 4.79 Å². The van der Waals surface area contributed by atoms with Gasteiger partial charge in [0.25, 0.3) is 5.91 Å². The molecule has 0 radical (unpaired) electrons. The topological polar surface area (TPSA) is 83.6 Å². The second kappa shape index (κ2) is 6.05. The minimum absolute atomic E-state index is 0.348. The molecule has 1 aromatic carbocycles. The van der Waals surface area contributed by atoms with Crippen LogP contribution >= 0.6 is 15.9 Å². The fourth-order valence-electron chi connectivity index (χ4n) is 3.21. The molecule has 1 unspecified atom stereocenters. The van der Waals surface area contributed by atoms with Gasteiger partial charge in [-0.3, -0.25) is 4.79 Å². The zero-order chi connectivity index (χ0) is 15.6. The van der Waals surface area contributed by atoms with E-state index in [-0.39, 0.29) is 0 Å². The third kappa shape index (κ3) is 2.64. The summed E-state index contributed by atoms with van der Waals surface area (Å²) in [5.74, 6) is -1.39. The fraction of sp³-hybridized carbons (Fsp3) is 0.467. The highest BCUT2D eigenvalue weighted by Gasteiger charge is 2.47. The predicted molar refractivity (Wildman–Crippen MR) is 84.5 cm³/mol. The van der Waals surface area contributed by atoms with Crippen LogP contribution < -0.4 is 10.6 Å². The average molecular weight is 355 g/mol. The third-order valence-electron chi connectivity index (χ3n) is 4.08. The maximum Gasteiger partial charge on any atom is 0.329 e. The quantitative estimate of drug-likeness (QED) is 0.851. The number of aliphatic carboxylic acids is 1. The van der Waals surface area contributed by atoms with Gasteiger partial charge in [0.05, 0.1) is 11.3 Å². The Morgan fingerprint density at radius 2 is 2.19 bits per heavy atom. The largest absolute Gasteiger partial charge is 0.479 e. The standard InChI is InChI=1S/C15H19BrN2O3/c1-2-7-15(14(20)21)8-4-9-18(15)11-6-3-5-10(16)12(11)13(17)19/h3,5-6H,2,4,7-9H2,1H3,(H2,17,19)(H,20,21). The van der Waals surface area contributed by atoms with Gasteiger partial charge in [0.2, 0.25) is 0 Å². The summed E-state index contributed by atoms with van der Waals surface area (Å²) < 4.78 is 0.593. The maximum atomic E-state index is 11.9. The third-order valence-corrected chi connectivity index (χ3v) is 4.74.